The van der Waals surface area contributed by atoms with Gasteiger partial charge < -0.3 is 10.0 Å². The lowest BCUT2D eigenvalue weighted by Crippen LogP contribution is -2.30. The number of hydrogen-bond donors (Lipinski definition) is 1. The highest BCUT2D eigenvalue weighted by molar-refractivity contribution is 5.47. The van der Waals surface area contributed by atoms with Crippen LogP contribution in [0.25, 0.3) is 0 Å². The maximum absolute atomic E-state index is 9.83. The fourth-order valence-electron chi connectivity index (χ4n) is 2.22. The zero-order valence-electron chi connectivity index (χ0n) is 12.1. The molecule has 1 N–H and O–H groups in total. The van der Waals surface area contributed by atoms with E-state index in [4.69, 9.17) is 0 Å². The van der Waals surface area contributed by atoms with Gasteiger partial charge in [0.1, 0.15) is 5.82 Å². The Hall–Kier alpha value is -1.09. The summed E-state index contributed by atoms with van der Waals surface area (Å²) in [6, 6.07) is 3.85. The van der Waals surface area contributed by atoms with Crippen molar-refractivity contribution in [1.29, 1.82) is 0 Å². The first kappa shape index (κ1) is 15.0. The van der Waals surface area contributed by atoms with Gasteiger partial charge in [-0.2, -0.15) is 0 Å². The molecule has 1 heterocycles. The molecule has 3 heteroatoms. The highest BCUT2D eigenvalue weighted by Crippen LogP contribution is 2.25. The van der Waals surface area contributed by atoms with E-state index in [1.807, 2.05) is 12.1 Å². The van der Waals surface area contributed by atoms with E-state index in [1.165, 1.54) is 12.8 Å². The summed E-state index contributed by atoms with van der Waals surface area (Å²) in [7, 11) is 0. The van der Waals surface area contributed by atoms with Gasteiger partial charge in [-0.25, -0.2) is 4.98 Å². The van der Waals surface area contributed by atoms with E-state index in [2.05, 4.69) is 30.7 Å². The second kappa shape index (κ2) is 7.37. The largest absolute Gasteiger partial charge is 0.389 e. The van der Waals surface area contributed by atoms with Crippen molar-refractivity contribution in [3.8, 4) is 0 Å². The van der Waals surface area contributed by atoms with Gasteiger partial charge in [0.2, 0.25) is 0 Å². The normalized spacial score (nSPS) is 12.8. The lowest BCUT2D eigenvalue weighted by Gasteiger charge is -2.28. The molecule has 0 aliphatic rings. The second-order valence-electron chi connectivity index (χ2n) is 4.81. The van der Waals surface area contributed by atoms with Crippen LogP contribution in [-0.2, 0) is 0 Å². The summed E-state index contributed by atoms with van der Waals surface area (Å²) in [5, 5.41) is 9.83. The average molecular weight is 250 g/mol. The fourth-order valence-corrected chi connectivity index (χ4v) is 2.22. The third-order valence-electron chi connectivity index (χ3n) is 3.58. The van der Waals surface area contributed by atoms with E-state index in [0.717, 1.165) is 24.5 Å². The first-order valence-corrected chi connectivity index (χ1v) is 7.01. The molecule has 0 radical (unpaired) electrons. The molecule has 1 rings (SSSR count). The lowest BCUT2D eigenvalue weighted by molar-refractivity contribution is 0.199. The predicted molar refractivity (Wildman–Crippen MR) is 76.8 cm³/mol. The summed E-state index contributed by atoms with van der Waals surface area (Å²) < 4.78 is 0. The zero-order valence-corrected chi connectivity index (χ0v) is 12.1. The van der Waals surface area contributed by atoms with Crippen molar-refractivity contribution in [1.82, 2.24) is 4.98 Å². The molecule has 0 aromatic carbocycles. The molecule has 1 atom stereocenters. The van der Waals surface area contributed by atoms with Crippen molar-refractivity contribution in [2.24, 2.45) is 5.92 Å². The molecule has 3 nitrogen and oxygen atoms in total. The van der Waals surface area contributed by atoms with Crippen molar-refractivity contribution < 1.29 is 5.11 Å². The molecule has 102 valence electrons. The minimum atomic E-state index is -0.468. The summed E-state index contributed by atoms with van der Waals surface area (Å²) in [6.45, 7) is 10.3. The molecular formula is C15H26N2O. The molecule has 0 aliphatic carbocycles. The average Bonchev–Trinajstić information content (AvgIpc) is 2.40. The Morgan fingerprint density at radius 1 is 1.28 bits per heavy atom. The molecule has 0 aliphatic heterocycles. The minimum Gasteiger partial charge on any atom is -0.389 e. The predicted octanol–water partition coefficient (Wildman–Crippen LogP) is 3.40. The highest BCUT2D eigenvalue weighted by Gasteiger charge is 2.16. The summed E-state index contributed by atoms with van der Waals surface area (Å²) in [5.41, 5.74) is 0.922. The van der Waals surface area contributed by atoms with Crippen LogP contribution in [0.5, 0.6) is 0 Å². The fraction of sp³-hybridized carbons (Fsp3) is 0.667. The van der Waals surface area contributed by atoms with E-state index in [1.54, 1.807) is 13.1 Å². The Bertz CT molecular complexity index is 348. The third-order valence-corrected chi connectivity index (χ3v) is 3.58. The molecule has 0 unspecified atom stereocenters. The van der Waals surface area contributed by atoms with Crippen molar-refractivity contribution in [2.45, 2.75) is 46.6 Å². The monoisotopic (exact) mass is 250 g/mol. The first-order valence-electron chi connectivity index (χ1n) is 7.01. The highest BCUT2D eigenvalue weighted by atomic mass is 16.3. The number of hydrogen-bond acceptors (Lipinski definition) is 3. The van der Waals surface area contributed by atoms with Crippen LogP contribution < -0.4 is 4.90 Å². The molecule has 0 saturated carbocycles. The van der Waals surface area contributed by atoms with Gasteiger partial charge in [-0.05, 0) is 25.8 Å². The van der Waals surface area contributed by atoms with Crippen molar-refractivity contribution in [3.05, 3.63) is 23.9 Å². The second-order valence-corrected chi connectivity index (χ2v) is 4.81. The van der Waals surface area contributed by atoms with Gasteiger partial charge in [0.25, 0.3) is 0 Å². The van der Waals surface area contributed by atoms with Crippen molar-refractivity contribution in [2.75, 3.05) is 18.0 Å². The summed E-state index contributed by atoms with van der Waals surface area (Å²) in [4.78, 5) is 6.74. The van der Waals surface area contributed by atoms with Crippen LogP contribution in [0.3, 0.4) is 0 Å². The van der Waals surface area contributed by atoms with E-state index >= 15 is 0 Å². The topological polar surface area (TPSA) is 36.4 Å². The molecule has 0 bridgehead atoms. The van der Waals surface area contributed by atoms with Gasteiger partial charge in [0.05, 0.1) is 6.10 Å². The summed E-state index contributed by atoms with van der Waals surface area (Å²) >= 11 is 0. The SMILES string of the molecule is CCC(CC)CN(CC)c1ncccc1[C@H](C)O. The first-order chi connectivity index (χ1) is 8.63. The van der Waals surface area contributed by atoms with Crippen molar-refractivity contribution >= 4 is 5.82 Å². The minimum absolute atomic E-state index is 0.468. The molecule has 0 fully saturated rings. The molecule has 1 aromatic heterocycles. The van der Waals surface area contributed by atoms with Gasteiger partial charge in [-0.3, -0.25) is 0 Å². The standard InChI is InChI=1S/C15H26N2O/c1-5-13(6-2)11-17(7-3)15-14(12(4)18)9-8-10-16-15/h8-10,12-13,18H,5-7,11H2,1-4H3/t12-/m0/s1. The quantitative estimate of drug-likeness (QED) is 0.805. The summed E-state index contributed by atoms with van der Waals surface area (Å²) in [6.07, 6.45) is 3.70. The number of aliphatic hydroxyl groups is 1. The molecule has 18 heavy (non-hydrogen) atoms. The zero-order chi connectivity index (χ0) is 13.5. The number of anilines is 1. The molecule has 1 aromatic rings. The Morgan fingerprint density at radius 2 is 1.94 bits per heavy atom. The van der Waals surface area contributed by atoms with Gasteiger partial charge in [0, 0.05) is 24.8 Å². The Kier molecular flexibility index (Phi) is 6.13. The van der Waals surface area contributed by atoms with Gasteiger partial charge in [0.15, 0.2) is 0 Å². The smallest absolute Gasteiger partial charge is 0.134 e. The number of pyridine rings is 1. The van der Waals surface area contributed by atoms with Crippen LogP contribution in [0, 0.1) is 5.92 Å². The Morgan fingerprint density at radius 3 is 2.44 bits per heavy atom. The Labute approximate surface area is 111 Å². The number of aromatic nitrogens is 1. The van der Waals surface area contributed by atoms with Crippen LogP contribution in [0.4, 0.5) is 5.82 Å². The van der Waals surface area contributed by atoms with Crippen LogP contribution in [-0.4, -0.2) is 23.2 Å². The lowest BCUT2D eigenvalue weighted by atomic mass is 10.0. The Balaban J connectivity index is 2.94. The van der Waals surface area contributed by atoms with E-state index in [-0.39, 0.29) is 0 Å². The van der Waals surface area contributed by atoms with Gasteiger partial charge in [-0.1, -0.05) is 32.8 Å². The van der Waals surface area contributed by atoms with Crippen LogP contribution >= 0.6 is 0 Å². The number of rotatable bonds is 7. The van der Waals surface area contributed by atoms with Gasteiger partial charge >= 0.3 is 0 Å². The van der Waals surface area contributed by atoms with E-state index < -0.39 is 6.10 Å². The molecule has 0 spiro atoms. The number of nitrogens with zero attached hydrogens (tertiary/aromatic N) is 2. The van der Waals surface area contributed by atoms with Crippen molar-refractivity contribution in [3.63, 3.8) is 0 Å². The van der Waals surface area contributed by atoms with E-state index in [9.17, 15) is 5.11 Å². The van der Waals surface area contributed by atoms with E-state index in [0.29, 0.717) is 5.92 Å². The maximum atomic E-state index is 9.83. The maximum Gasteiger partial charge on any atom is 0.134 e. The van der Waals surface area contributed by atoms with Crippen LogP contribution in [0.15, 0.2) is 18.3 Å². The molecular weight excluding hydrogens is 224 g/mol. The number of aliphatic hydroxyl groups excluding tert-OH is 1. The molecule has 0 saturated heterocycles. The molecule has 0 amide bonds. The summed E-state index contributed by atoms with van der Waals surface area (Å²) in [5.74, 6) is 1.62. The van der Waals surface area contributed by atoms with Crippen LogP contribution in [0.2, 0.25) is 0 Å². The third kappa shape index (κ3) is 3.70. The van der Waals surface area contributed by atoms with Crippen LogP contribution in [0.1, 0.15) is 52.2 Å². The van der Waals surface area contributed by atoms with Gasteiger partial charge in [-0.15, -0.1) is 0 Å².